The van der Waals surface area contributed by atoms with Gasteiger partial charge in [-0.3, -0.25) is 14.9 Å². The molecule has 2 unspecified atom stereocenters. The lowest BCUT2D eigenvalue weighted by Crippen LogP contribution is -2.56. The number of aromatic nitrogens is 1. The van der Waals surface area contributed by atoms with E-state index in [4.69, 9.17) is 0 Å². The van der Waals surface area contributed by atoms with Crippen molar-refractivity contribution in [2.45, 2.75) is 59.4 Å². The van der Waals surface area contributed by atoms with Crippen LogP contribution in [0.15, 0.2) is 24.3 Å². The molecule has 4 rings (SSSR count). The van der Waals surface area contributed by atoms with Gasteiger partial charge in [-0.2, -0.15) is 0 Å². The second-order valence-corrected chi connectivity index (χ2v) is 12.6. The SMILES string of the molecule is CC(=O)c1sc(NC(=O)N[C@@H]2CCN(CC(C)C(C)=O)C[C@H]2CN2CCCC(Cc3ccc(F)cc3)C2)nc1C. The van der Waals surface area contributed by atoms with Crippen molar-refractivity contribution in [2.24, 2.45) is 17.8 Å². The zero-order valence-corrected chi connectivity index (χ0v) is 24.9. The average molecular weight is 572 g/mol. The maximum atomic E-state index is 13.4. The standard InChI is InChI=1S/C30H42FN5O3S/c1-19(21(3)37)15-36-13-11-27(33-29(39)34-30-32-20(2)28(40-30)22(4)38)25(18-36)17-35-12-5-6-24(16-35)14-23-7-9-26(31)10-8-23/h7-10,19,24-25,27H,5-6,11-18H2,1-4H3,(H2,32,33,34,39)/t19?,24?,25-,27-/m1/s1. The molecule has 8 nitrogen and oxygen atoms in total. The van der Waals surface area contributed by atoms with Gasteiger partial charge in [-0.15, -0.1) is 0 Å². The van der Waals surface area contributed by atoms with E-state index in [2.05, 4.69) is 25.4 Å². The highest BCUT2D eigenvalue weighted by molar-refractivity contribution is 7.17. The first-order valence-corrected chi connectivity index (χ1v) is 15.1. The Morgan fingerprint density at radius 3 is 2.52 bits per heavy atom. The molecule has 2 fully saturated rings. The molecular weight excluding hydrogens is 529 g/mol. The van der Waals surface area contributed by atoms with Crippen molar-refractivity contribution >= 4 is 34.1 Å². The molecule has 0 aliphatic carbocycles. The molecule has 2 aromatic rings. The number of Topliss-reactive ketones (excluding diaryl/α,β-unsaturated/α-hetero) is 2. The molecule has 0 spiro atoms. The number of hydrogen-bond acceptors (Lipinski definition) is 7. The summed E-state index contributed by atoms with van der Waals surface area (Å²) in [6, 6.07) is 6.50. The van der Waals surface area contributed by atoms with Gasteiger partial charge in [-0.1, -0.05) is 30.4 Å². The number of aryl methyl sites for hydroxylation is 1. The number of carbonyl (C=O) groups is 3. The molecule has 3 heterocycles. The van der Waals surface area contributed by atoms with Crippen molar-refractivity contribution in [2.75, 3.05) is 44.6 Å². The van der Waals surface area contributed by atoms with Gasteiger partial charge in [0, 0.05) is 57.5 Å². The molecule has 2 amide bonds. The van der Waals surface area contributed by atoms with Crippen molar-refractivity contribution in [3.05, 3.63) is 46.2 Å². The maximum absolute atomic E-state index is 13.4. The van der Waals surface area contributed by atoms with Gasteiger partial charge in [0.1, 0.15) is 11.6 Å². The number of amides is 2. The normalized spacial score (nSPS) is 23.0. The molecule has 10 heteroatoms. The van der Waals surface area contributed by atoms with Crippen molar-refractivity contribution in [1.82, 2.24) is 20.1 Å². The summed E-state index contributed by atoms with van der Waals surface area (Å²) in [6.45, 7) is 12.1. The lowest BCUT2D eigenvalue weighted by Gasteiger charge is -2.43. The van der Waals surface area contributed by atoms with Crippen LogP contribution in [0.2, 0.25) is 0 Å². The quantitative estimate of drug-likeness (QED) is 0.399. The van der Waals surface area contributed by atoms with E-state index in [1.807, 2.05) is 19.1 Å². The lowest BCUT2D eigenvalue weighted by molar-refractivity contribution is -0.121. The Kier molecular flexibility index (Phi) is 10.4. The Bertz CT molecular complexity index is 1190. The third-order valence-corrected chi connectivity index (χ3v) is 9.40. The Balaban J connectivity index is 1.40. The number of hydrogen-bond donors (Lipinski definition) is 2. The van der Waals surface area contributed by atoms with Crippen LogP contribution in [0.25, 0.3) is 0 Å². The number of carbonyl (C=O) groups excluding carboxylic acids is 3. The topological polar surface area (TPSA) is 94.6 Å². The molecular formula is C30H42FN5O3S. The molecule has 0 saturated carbocycles. The predicted octanol–water partition coefficient (Wildman–Crippen LogP) is 4.79. The van der Waals surface area contributed by atoms with Crippen LogP contribution in [-0.4, -0.2) is 77.7 Å². The molecule has 218 valence electrons. The number of nitrogens with zero attached hydrogens (tertiary/aromatic N) is 3. The third kappa shape index (κ3) is 8.41. The number of thiazole rings is 1. The average Bonchev–Trinajstić information content (AvgIpc) is 3.27. The maximum Gasteiger partial charge on any atom is 0.321 e. The number of piperidine rings is 2. The van der Waals surface area contributed by atoms with Crippen molar-refractivity contribution in [1.29, 1.82) is 0 Å². The number of halogens is 1. The van der Waals surface area contributed by atoms with Crippen molar-refractivity contribution < 1.29 is 18.8 Å². The van der Waals surface area contributed by atoms with Crippen molar-refractivity contribution in [3.8, 4) is 0 Å². The summed E-state index contributed by atoms with van der Waals surface area (Å²) in [5.74, 6) is 0.618. The minimum atomic E-state index is -0.308. The molecule has 2 saturated heterocycles. The fourth-order valence-electron chi connectivity index (χ4n) is 6.01. The Labute approximate surface area is 240 Å². The lowest BCUT2D eigenvalue weighted by atomic mass is 9.87. The predicted molar refractivity (Wildman–Crippen MR) is 156 cm³/mol. The molecule has 2 N–H and O–H groups in total. The van der Waals surface area contributed by atoms with E-state index in [9.17, 15) is 18.8 Å². The van der Waals surface area contributed by atoms with Crippen LogP contribution in [-0.2, 0) is 11.2 Å². The molecule has 40 heavy (non-hydrogen) atoms. The van der Waals surface area contributed by atoms with Crippen LogP contribution in [0, 0.1) is 30.5 Å². The number of rotatable bonds is 10. The van der Waals surface area contributed by atoms with Crippen LogP contribution in [0.5, 0.6) is 0 Å². The molecule has 0 radical (unpaired) electrons. The van der Waals surface area contributed by atoms with Gasteiger partial charge in [0.25, 0.3) is 0 Å². The number of urea groups is 1. The van der Waals surface area contributed by atoms with Crippen LogP contribution < -0.4 is 10.6 Å². The van der Waals surface area contributed by atoms with Gasteiger partial charge >= 0.3 is 6.03 Å². The van der Waals surface area contributed by atoms with Gasteiger partial charge < -0.3 is 15.1 Å². The summed E-state index contributed by atoms with van der Waals surface area (Å²) < 4.78 is 13.4. The number of benzene rings is 1. The summed E-state index contributed by atoms with van der Waals surface area (Å²) in [6.07, 6.45) is 4.00. The fourth-order valence-corrected chi connectivity index (χ4v) is 6.87. The van der Waals surface area contributed by atoms with Crippen LogP contribution in [0.1, 0.15) is 61.0 Å². The van der Waals surface area contributed by atoms with Crippen LogP contribution in [0.4, 0.5) is 14.3 Å². The number of anilines is 1. The highest BCUT2D eigenvalue weighted by Gasteiger charge is 2.34. The molecule has 1 aromatic carbocycles. The van der Waals surface area contributed by atoms with Gasteiger partial charge in [0.2, 0.25) is 0 Å². The zero-order valence-electron chi connectivity index (χ0n) is 24.0. The summed E-state index contributed by atoms with van der Waals surface area (Å²) in [4.78, 5) is 46.5. The molecule has 1 aromatic heterocycles. The Hall–Kier alpha value is -2.69. The van der Waals surface area contributed by atoms with Crippen molar-refractivity contribution in [3.63, 3.8) is 0 Å². The van der Waals surface area contributed by atoms with Gasteiger partial charge in [-0.25, -0.2) is 14.2 Å². The van der Waals surface area contributed by atoms with Gasteiger partial charge in [-0.05, 0) is 69.7 Å². The molecule has 4 atom stereocenters. The highest BCUT2D eigenvalue weighted by Crippen LogP contribution is 2.26. The minimum Gasteiger partial charge on any atom is -0.335 e. The summed E-state index contributed by atoms with van der Waals surface area (Å²) in [7, 11) is 0. The summed E-state index contributed by atoms with van der Waals surface area (Å²) >= 11 is 1.20. The van der Waals surface area contributed by atoms with Gasteiger partial charge in [0.05, 0.1) is 10.6 Å². The van der Waals surface area contributed by atoms with E-state index < -0.39 is 0 Å². The fraction of sp³-hybridized carbons (Fsp3) is 0.600. The van der Waals surface area contributed by atoms with Crippen LogP contribution >= 0.6 is 11.3 Å². The van der Waals surface area contributed by atoms with E-state index in [0.29, 0.717) is 21.6 Å². The van der Waals surface area contributed by atoms with E-state index in [0.717, 1.165) is 70.5 Å². The third-order valence-electron chi connectivity index (χ3n) is 8.23. The Morgan fingerprint density at radius 1 is 1.10 bits per heavy atom. The van der Waals surface area contributed by atoms with E-state index in [-0.39, 0.29) is 41.3 Å². The highest BCUT2D eigenvalue weighted by atomic mass is 32.1. The number of nitrogens with one attached hydrogen (secondary N) is 2. The summed E-state index contributed by atoms with van der Waals surface area (Å²) in [5.41, 5.74) is 1.79. The largest absolute Gasteiger partial charge is 0.335 e. The number of likely N-dealkylation sites (tertiary alicyclic amines) is 2. The first-order chi connectivity index (χ1) is 19.1. The first-order valence-electron chi connectivity index (χ1n) is 14.3. The van der Waals surface area contributed by atoms with Gasteiger partial charge in [0.15, 0.2) is 10.9 Å². The number of ketones is 2. The molecule has 0 bridgehead atoms. The van der Waals surface area contributed by atoms with E-state index in [1.54, 1.807) is 13.8 Å². The van der Waals surface area contributed by atoms with E-state index >= 15 is 0 Å². The van der Waals surface area contributed by atoms with Crippen LogP contribution in [0.3, 0.4) is 0 Å². The molecule has 2 aliphatic rings. The first kappa shape index (κ1) is 30.3. The monoisotopic (exact) mass is 571 g/mol. The molecule has 2 aliphatic heterocycles. The van der Waals surface area contributed by atoms with E-state index in [1.165, 1.54) is 30.4 Å². The minimum absolute atomic E-state index is 0.0188. The second kappa shape index (κ2) is 13.8. The smallest absolute Gasteiger partial charge is 0.321 e. The summed E-state index contributed by atoms with van der Waals surface area (Å²) in [5, 5.41) is 6.45. The zero-order chi connectivity index (χ0) is 28.8. The second-order valence-electron chi connectivity index (χ2n) is 11.6. The Morgan fingerprint density at radius 2 is 1.85 bits per heavy atom.